The van der Waals surface area contributed by atoms with Crippen LogP contribution in [-0.2, 0) is 9.47 Å². The molecule has 0 radical (unpaired) electrons. The van der Waals surface area contributed by atoms with E-state index in [-0.39, 0.29) is 0 Å². The van der Waals surface area contributed by atoms with Gasteiger partial charge in [-0.2, -0.15) is 0 Å². The molecular formula is C11H23NO2. The highest BCUT2D eigenvalue weighted by Gasteiger charge is 2.29. The number of rotatable bonds is 7. The maximum Gasteiger partial charge on any atom is 0.0604 e. The van der Waals surface area contributed by atoms with Gasteiger partial charge in [0.05, 0.1) is 6.10 Å². The average Bonchev–Trinajstić information content (AvgIpc) is 2.11. The smallest absolute Gasteiger partial charge is 0.0604 e. The van der Waals surface area contributed by atoms with Crippen molar-refractivity contribution >= 4 is 0 Å². The number of hydrogen-bond acceptors (Lipinski definition) is 3. The molecule has 0 heterocycles. The molecule has 0 aliphatic heterocycles. The lowest BCUT2D eigenvalue weighted by atomic mass is 9.88. The summed E-state index contributed by atoms with van der Waals surface area (Å²) in [7, 11) is 1.75. The van der Waals surface area contributed by atoms with Crippen LogP contribution in [0.5, 0.6) is 0 Å². The Hall–Kier alpha value is -0.120. The predicted molar refractivity (Wildman–Crippen MR) is 57.5 cm³/mol. The summed E-state index contributed by atoms with van der Waals surface area (Å²) in [5, 5.41) is 3.58. The van der Waals surface area contributed by atoms with E-state index in [0.717, 1.165) is 19.6 Å². The number of ether oxygens (including phenoxy) is 2. The Morgan fingerprint density at radius 1 is 1.43 bits per heavy atom. The minimum Gasteiger partial charge on any atom is -0.385 e. The third-order valence-electron chi connectivity index (χ3n) is 2.77. The van der Waals surface area contributed by atoms with Gasteiger partial charge < -0.3 is 14.8 Å². The molecule has 0 spiro atoms. The first-order valence-electron chi connectivity index (χ1n) is 5.62. The second kappa shape index (κ2) is 6.38. The summed E-state index contributed by atoms with van der Waals surface area (Å²) in [5.41, 5.74) is 0. The molecule has 1 atom stereocenters. The van der Waals surface area contributed by atoms with Crippen LogP contribution in [0.3, 0.4) is 0 Å². The maximum atomic E-state index is 5.51. The molecule has 1 saturated carbocycles. The lowest BCUT2D eigenvalue weighted by molar-refractivity contribution is -0.0126. The summed E-state index contributed by atoms with van der Waals surface area (Å²) in [5.74, 6) is 0. The first kappa shape index (κ1) is 12.0. The van der Waals surface area contributed by atoms with Crippen molar-refractivity contribution in [3.05, 3.63) is 0 Å². The van der Waals surface area contributed by atoms with Crippen LogP contribution in [-0.4, -0.2) is 38.5 Å². The van der Waals surface area contributed by atoms with E-state index in [0.29, 0.717) is 18.2 Å². The molecule has 1 aliphatic carbocycles. The molecule has 1 fully saturated rings. The molecular weight excluding hydrogens is 178 g/mol. The Kier molecular flexibility index (Phi) is 5.45. The van der Waals surface area contributed by atoms with Gasteiger partial charge in [-0.25, -0.2) is 0 Å². The first-order chi connectivity index (χ1) is 6.76. The molecule has 1 unspecified atom stereocenters. The molecule has 0 bridgehead atoms. The zero-order valence-corrected chi connectivity index (χ0v) is 9.58. The Balaban J connectivity index is 1.98. The summed E-state index contributed by atoms with van der Waals surface area (Å²) >= 11 is 0. The number of methoxy groups -OCH3 is 1. The summed E-state index contributed by atoms with van der Waals surface area (Å²) in [4.78, 5) is 0. The number of nitrogens with one attached hydrogen (secondary N) is 1. The monoisotopic (exact) mass is 201 g/mol. The molecule has 1 N–H and O–H groups in total. The standard InChI is InChI=1S/C11H23NO2/c1-4-14-11-7-10(8-11)12-9(2)5-6-13-3/h9-12H,4-8H2,1-3H3. The van der Waals surface area contributed by atoms with Crippen molar-refractivity contribution in [1.29, 1.82) is 0 Å². The summed E-state index contributed by atoms with van der Waals surface area (Å²) < 4.78 is 10.5. The van der Waals surface area contributed by atoms with E-state index in [2.05, 4.69) is 19.2 Å². The molecule has 3 heteroatoms. The van der Waals surface area contributed by atoms with E-state index in [1.807, 2.05) is 0 Å². The highest BCUT2D eigenvalue weighted by atomic mass is 16.5. The van der Waals surface area contributed by atoms with Crippen molar-refractivity contribution in [3.63, 3.8) is 0 Å². The van der Waals surface area contributed by atoms with Gasteiger partial charge in [-0.15, -0.1) is 0 Å². The van der Waals surface area contributed by atoms with E-state index in [4.69, 9.17) is 9.47 Å². The average molecular weight is 201 g/mol. The van der Waals surface area contributed by atoms with Crippen LogP contribution >= 0.6 is 0 Å². The third kappa shape index (κ3) is 3.95. The Labute approximate surface area is 87.2 Å². The molecule has 0 aromatic rings. The highest BCUT2D eigenvalue weighted by Crippen LogP contribution is 2.23. The van der Waals surface area contributed by atoms with Crippen LogP contribution in [0.4, 0.5) is 0 Å². The van der Waals surface area contributed by atoms with E-state index >= 15 is 0 Å². The quantitative estimate of drug-likeness (QED) is 0.678. The molecule has 1 rings (SSSR count). The van der Waals surface area contributed by atoms with Crippen LogP contribution in [0.1, 0.15) is 33.1 Å². The predicted octanol–water partition coefficient (Wildman–Crippen LogP) is 1.57. The largest absolute Gasteiger partial charge is 0.385 e. The van der Waals surface area contributed by atoms with E-state index in [9.17, 15) is 0 Å². The molecule has 1 aliphatic rings. The van der Waals surface area contributed by atoms with Gasteiger partial charge in [0.2, 0.25) is 0 Å². The molecule has 0 saturated heterocycles. The van der Waals surface area contributed by atoms with Crippen molar-refractivity contribution in [2.45, 2.75) is 51.3 Å². The van der Waals surface area contributed by atoms with E-state index in [1.54, 1.807) is 7.11 Å². The van der Waals surface area contributed by atoms with Crippen LogP contribution < -0.4 is 5.32 Å². The molecule has 0 aromatic heterocycles. The lowest BCUT2D eigenvalue weighted by Crippen LogP contribution is -2.48. The van der Waals surface area contributed by atoms with Crippen molar-refractivity contribution in [2.75, 3.05) is 20.3 Å². The van der Waals surface area contributed by atoms with Crippen LogP contribution in [0.25, 0.3) is 0 Å². The minimum absolute atomic E-state index is 0.507. The van der Waals surface area contributed by atoms with Crippen LogP contribution in [0.2, 0.25) is 0 Å². The van der Waals surface area contributed by atoms with Crippen molar-refractivity contribution in [2.24, 2.45) is 0 Å². The highest BCUT2D eigenvalue weighted by molar-refractivity contribution is 4.87. The molecule has 0 aromatic carbocycles. The summed E-state index contributed by atoms with van der Waals surface area (Å²) in [6.07, 6.45) is 3.94. The van der Waals surface area contributed by atoms with Gasteiger partial charge in [-0.05, 0) is 33.1 Å². The maximum absolute atomic E-state index is 5.51. The van der Waals surface area contributed by atoms with E-state index in [1.165, 1.54) is 12.8 Å². The van der Waals surface area contributed by atoms with Gasteiger partial charge in [-0.3, -0.25) is 0 Å². The third-order valence-corrected chi connectivity index (χ3v) is 2.77. The molecule has 14 heavy (non-hydrogen) atoms. The topological polar surface area (TPSA) is 30.5 Å². The van der Waals surface area contributed by atoms with Crippen LogP contribution in [0, 0.1) is 0 Å². The van der Waals surface area contributed by atoms with Crippen molar-refractivity contribution < 1.29 is 9.47 Å². The molecule has 84 valence electrons. The summed E-state index contributed by atoms with van der Waals surface area (Å²) in [6.45, 7) is 5.96. The summed E-state index contributed by atoms with van der Waals surface area (Å²) in [6, 6.07) is 1.22. The van der Waals surface area contributed by atoms with Gasteiger partial charge in [0, 0.05) is 32.4 Å². The van der Waals surface area contributed by atoms with Gasteiger partial charge in [0.1, 0.15) is 0 Å². The zero-order chi connectivity index (χ0) is 10.4. The minimum atomic E-state index is 0.507. The lowest BCUT2D eigenvalue weighted by Gasteiger charge is -2.37. The van der Waals surface area contributed by atoms with Gasteiger partial charge in [0.15, 0.2) is 0 Å². The normalized spacial score (nSPS) is 28.5. The van der Waals surface area contributed by atoms with Crippen molar-refractivity contribution in [1.82, 2.24) is 5.32 Å². The fourth-order valence-corrected chi connectivity index (χ4v) is 1.85. The Morgan fingerprint density at radius 2 is 2.14 bits per heavy atom. The van der Waals surface area contributed by atoms with Gasteiger partial charge in [-0.1, -0.05) is 0 Å². The Bertz CT molecular complexity index is 146. The van der Waals surface area contributed by atoms with Crippen molar-refractivity contribution in [3.8, 4) is 0 Å². The molecule has 3 nitrogen and oxygen atoms in total. The van der Waals surface area contributed by atoms with Gasteiger partial charge >= 0.3 is 0 Å². The molecule has 0 amide bonds. The second-order valence-electron chi connectivity index (χ2n) is 4.09. The first-order valence-corrected chi connectivity index (χ1v) is 5.62. The van der Waals surface area contributed by atoms with Gasteiger partial charge in [0.25, 0.3) is 0 Å². The Morgan fingerprint density at radius 3 is 2.71 bits per heavy atom. The van der Waals surface area contributed by atoms with E-state index < -0.39 is 0 Å². The SMILES string of the molecule is CCOC1CC(NC(C)CCOC)C1. The fourth-order valence-electron chi connectivity index (χ4n) is 1.85. The zero-order valence-electron chi connectivity index (χ0n) is 9.58. The number of hydrogen-bond donors (Lipinski definition) is 1. The fraction of sp³-hybridized carbons (Fsp3) is 1.00. The van der Waals surface area contributed by atoms with Crippen LogP contribution in [0.15, 0.2) is 0 Å². The second-order valence-corrected chi connectivity index (χ2v) is 4.09.